The molecule has 4 heterocycles. The van der Waals surface area contributed by atoms with Crippen LogP contribution in [0.25, 0.3) is 11.0 Å². The summed E-state index contributed by atoms with van der Waals surface area (Å²) in [7, 11) is 0. The fourth-order valence-electron chi connectivity index (χ4n) is 3.89. The molecule has 1 aliphatic carbocycles. The monoisotopic (exact) mass is 385 g/mol. The average molecular weight is 385 g/mol. The van der Waals surface area contributed by atoms with E-state index in [2.05, 4.69) is 37.6 Å². The highest BCUT2D eigenvalue weighted by Gasteiger charge is 2.53. The van der Waals surface area contributed by atoms with Crippen LogP contribution in [0.5, 0.6) is 0 Å². The predicted molar refractivity (Wildman–Crippen MR) is 106 cm³/mol. The van der Waals surface area contributed by atoms with Crippen LogP contribution in [0.15, 0.2) is 35.9 Å². The zero-order valence-corrected chi connectivity index (χ0v) is 15.1. The number of nitrogens with one attached hydrogen (secondary N) is 1. The lowest BCUT2D eigenvalue weighted by Crippen LogP contribution is -2.58. The van der Waals surface area contributed by atoms with E-state index in [4.69, 9.17) is 0 Å². The van der Waals surface area contributed by atoms with Gasteiger partial charge in [-0.15, -0.1) is 12.6 Å². The third-order valence-electron chi connectivity index (χ3n) is 5.33. The van der Waals surface area contributed by atoms with E-state index in [0.29, 0.717) is 6.54 Å². The fraction of sp³-hybridized carbons (Fsp3) is 0.444. The van der Waals surface area contributed by atoms with E-state index in [1.807, 2.05) is 17.2 Å². The number of aromatic amines is 1. The Kier molecular flexibility index (Phi) is 4.33. The number of hydrogen-bond acceptors (Lipinski definition) is 6. The zero-order valence-electron chi connectivity index (χ0n) is 14.2. The van der Waals surface area contributed by atoms with Gasteiger partial charge in [-0.05, 0) is 18.9 Å². The molecule has 8 nitrogen and oxygen atoms in total. The molecule has 9 heteroatoms. The topological polar surface area (TPSA) is 82.9 Å². The van der Waals surface area contributed by atoms with Gasteiger partial charge in [0.2, 0.25) is 5.91 Å². The maximum atomic E-state index is 12.8. The third kappa shape index (κ3) is 3.05. The van der Waals surface area contributed by atoms with Crippen LogP contribution in [0.3, 0.4) is 0 Å². The largest absolute Gasteiger partial charge is 0.352 e. The van der Waals surface area contributed by atoms with E-state index in [9.17, 15) is 4.79 Å². The van der Waals surface area contributed by atoms with Gasteiger partial charge in [0, 0.05) is 36.9 Å². The third-order valence-corrected chi connectivity index (χ3v) is 5.56. The van der Waals surface area contributed by atoms with Gasteiger partial charge in [0.05, 0.1) is 17.1 Å². The normalized spacial score (nSPS) is 18.0. The van der Waals surface area contributed by atoms with E-state index >= 15 is 0 Å². The smallest absolute Gasteiger partial charge is 0.244 e. The van der Waals surface area contributed by atoms with Crippen molar-refractivity contribution in [2.75, 3.05) is 24.5 Å². The molecular formula is C18H23N7OS. The van der Waals surface area contributed by atoms with Crippen LogP contribution >= 0.6 is 12.6 Å². The van der Waals surface area contributed by atoms with Crippen LogP contribution in [-0.4, -0.2) is 60.7 Å². The number of carbonyl (C=O) groups excluding carboxylic acids is 1. The van der Waals surface area contributed by atoms with Gasteiger partial charge in [0.25, 0.3) is 0 Å². The number of amides is 1. The van der Waals surface area contributed by atoms with Crippen molar-refractivity contribution in [3.8, 4) is 0 Å². The standard InChI is InChI=1S/C17H19N7OS.CH4/c25-14(9-23-8-12(26)7-21-23)24-6-5-22(10-17(24)2-3-17)16-13-1-4-18-15(13)19-11-20-16;/h1,4,7-8,11,26H,2-3,5-6,9-10H2,(H,18,19,20);1H4. The molecule has 1 amide bonds. The summed E-state index contributed by atoms with van der Waals surface area (Å²) < 4.78 is 1.65. The van der Waals surface area contributed by atoms with E-state index in [0.717, 1.165) is 47.7 Å². The molecule has 0 unspecified atom stereocenters. The van der Waals surface area contributed by atoms with Gasteiger partial charge >= 0.3 is 0 Å². The molecule has 1 N–H and O–H groups in total. The Morgan fingerprint density at radius 2 is 2.15 bits per heavy atom. The molecular weight excluding hydrogens is 362 g/mol. The molecule has 0 bridgehead atoms. The number of piperazine rings is 1. The van der Waals surface area contributed by atoms with Crippen molar-refractivity contribution in [2.45, 2.75) is 37.2 Å². The van der Waals surface area contributed by atoms with Gasteiger partial charge in [-0.3, -0.25) is 9.48 Å². The van der Waals surface area contributed by atoms with Crippen LogP contribution in [0, 0.1) is 0 Å². The summed E-state index contributed by atoms with van der Waals surface area (Å²) >= 11 is 4.25. The van der Waals surface area contributed by atoms with Crippen molar-refractivity contribution < 1.29 is 4.79 Å². The second-order valence-electron chi connectivity index (χ2n) is 7.02. The number of nitrogens with zero attached hydrogens (tertiary/aromatic N) is 6. The minimum atomic E-state index is -0.0696. The first-order valence-electron chi connectivity index (χ1n) is 8.70. The molecule has 142 valence electrons. The number of hydrogen-bond donors (Lipinski definition) is 2. The fourth-order valence-corrected chi connectivity index (χ4v) is 4.08. The summed E-state index contributed by atoms with van der Waals surface area (Å²) in [6, 6.07) is 2.01. The summed E-state index contributed by atoms with van der Waals surface area (Å²) in [6.45, 7) is 2.54. The van der Waals surface area contributed by atoms with E-state index in [1.165, 1.54) is 0 Å². The van der Waals surface area contributed by atoms with Crippen molar-refractivity contribution >= 4 is 35.4 Å². The van der Waals surface area contributed by atoms with Gasteiger partial charge in [-0.1, -0.05) is 7.43 Å². The first-order chi connectivity index (χ1) is 12.6. The van der Waals surface area contributed by atoms with Crippen molar-refractivity contribution in [3.05, 3.63) is 31.0 Å². The molecule has 3 aromatic heterocycles. The van der Waals surface area contributed by atoms with Crippen LogP contribution < -0.4 is 4.90 Å². The van der Waals surface area contributed by atoms with Crippen molar-refractivity contribution in [3.63, 3.8) is 0 Å². The molecule has 0 aromatic carbocycles. The molecule has 2 aliphatic rings. The number of anilines is 1. The molecule has 0 atom stereocenters. The molecule has 1 saturated heterocycles. The summed E-state index contributed by atoms with van der Waals surface area (Å²) in [5.41, 5.74) is 0.777. The van der Waals surface area contributed by atoms with Crippen molar-refractivity contribution in [1.82, 2.24) is 29.6 Å². The highest BCUT2D eigenvalue weighted by molar-refractivity contribution is 7.80. The summed E-state index contributed by atoms with van der Waals surface area (Å²) in [5.74, 6) is 1.06. The Balaban J connectivity index is 0.00000180. The van der Waals surface area contributed by atoms with E-state index < -0.39 is 0 Å². The number of aromatic nitrogens is 5. The van der Waals surface area contributed by atoms with E-state index in [1.54, 1.807) is 23.4 Å². The van der Waals surface area contributed by atoms with Crippen LogP contribution in [0.4, 0.5) is 5.82 Å². The first kappa shape index (κ1) is 17.8. The molecule has 1 aliphatic heterocycles. The molecule has 5 rings (SSSR count). The lowest BCUT2D eigenvalue weighted by atomic mass is 10.1. The van der Waals surface area contributed by atoms with Crippen LogP contribution in [-0.2, 0) is 11.3 Å². The lowest BCUT2D eigenvalue weighted by molar-refractivity contribution is -0.135. The molecule has 27 heavy (non-hydrogen) atoms. The minimum absolute atomic E-state index is 0. The van der Waals surface area contributed by atoms with Crippen molar-refractivity contribution in [2.24, 2.45) is 0 Å². The molecule has 2 fully saturated rings. The Hall–Kier alpha value is -2.55. The van der Waals surface area contributed by atoms with Gasteiger partial charge < -0.3 is 14.8 Å². The molecule has 0 radical (unpaired) electrons. The number of thiol groups is 1. The Morgan fingerprint density at radius 1 is 1.30 bits per heavy atom. The summed E-state index contributed by atoms with van der Waals surface area (Å²) in [4.78, 5) is 29.8. The first-order valence-corrected chi connectivity index (χ1v) is 9.14. The van der Waals surface area contributed by atoms with Gasteiger partial charge in [0.15, 0.2) is 0 Å². The second-order valence-corrected chi connectivity index (χ2v) is 7.54. The van der Waals surface area contributed by atoms with Gasteiger partial charge in [-0.2, -0.15) is 5.10 Å². The Labute approximate surface area is 163 Å². The number of carbonyl (C=O) groups is 1. The quantitative estimate of drug-likeness (QED) is 0.674. The maximum Gasteiger partial charge on any atom is 0.244 e. The highest BCUT2D eigenvalue weighted by atomic mass is 32.1. The summed E-state index contributed by atoms with van der Waals surface area (Å²) in [5, 5.41) is 5.20. The number of fused-ring (bicyclic) bond motifs is 1. The summed E-state index contributed by atoms with van der Waals surface area (Å²) in [6.07, 6.45) is 8.98. The van der Waals surface area contributed by atoms with Crippen LogP contribution in [0.2, 0.25) is 0 Å². The molecule has 3 aromatic rings. The van der Waals surface area contributed by atoms with Gasteiger partial charge in [0.1, 0.15) is 24.3 Å². The van der Waals surface area contributed by atoms with Crippen molar-refractivity contribution in [1.29, 1.82) is 0 Å². The highest BCUT2D eigenvalue weighted by Crippen LogP contribution is 2.45. The average Bonchev–Trinajstić information content (AvgIpc) is 3.05. The number of H-pyrrole nitrogens is 1. The number of rotatable bonds is 3. The second kappa shape index (κ2) is 6.56. The van der Waals surface area contributed by atoms with Gasteiger partial charge in [-0.25, -0.2) is 9.97 Å². The predicted octanol–water partition coefficient (Wildman–Crippen LogP) is 1.96. The Bertz CT molecular complexity index is 977. The minimum Gasteiger partial charge on any atom is -0.352 e. The molecule has 1 spiro atoms. The van der Waals surface area contributed by atoms with E-state index in [-0.39, 0.29) is 25.4 Å². The SMILES string of the molecule is C.O=C(Cn1cc(S)cn1)N1CCN(c2ncnc3[nH]ccc23)CC12CC2. The maximum absolute atomic E-state index is 12.8. The Morgan fingerprint density at radius 3 is 2.89 bits per heavy atom. The lowest BCUT2D eigenvalue weighted by Gasteiger charge is -2.42. The molecule has 1 saturated carbocycles. The zero-order chi connectivity index (χ0) is 17.7. The van der Waals surface area contributed by atoms with Crippen LogP contribution in [0.1, 0.15) is 20.3 Å².